The molecule has 6 heteroatoms. The highest BCUT2D eigenvalue weighted by atomic mass is 35.5. The first-order valence-corrected chi connectivity index (χ1v) is 10.7. The van der Waals surface area contributed by atoms with Crippen LogP contribution in [-0.4, -0.2) is 24.0 Å². The predicted molar refractivity (Wildman–Crippen MR) is 121 cm³/mol. The van der Waals surface area contributed by atoms with Crippen LogP contribution in [0.25, 0.3) is 10.9 Å². The normalized spacial score (nSPS) is 14.2. The first kappa shape index (κ1) is 20.0. The van der Waals surface area contributed by atoms with Gasteiger partial charge in [0, 0.05) is 24.2 Å². The van der Waals surface area contributed by atoms with Crippen LogP contribution in [0.5, 0.6) is 0 Å². The SMILES string of the molecule is Cc1cc(N2CCCCC2)nc2ccc(NC(=O)Cc3ccc(Cl)c(Cl)c3)cc12. The largest absolute Gasteiger partial charge is 0.357 e. The summed E-state index contributed by atoms with van der Waals surface area (Å²) in [7, 11) is 0. The number of pyridine rings is 1. The van der Waals surface area contributed by atoms with Crippen LogP contribution in [0, 0.1) is 6.92 Å². The highest BCUT2D eigenvalue weighted by Crippen LogP contribution is 2.27. The highest BCUT2D eigenvalue weighted by Gasteiger charge is 2.14. The van der Waals surface area contributed by atoms with Crippen LogP contribution in [0.2, 0.25) is 10.0 Å². The van der Waals surface area contributed by atoms with E-state index >= 15 is 0 Å². The number of carbonyl (C=O) groups excluding carboxylic acids is 1. The number of nitrogens with one attached hydrogen (secondary N) is 1. The number of carbonyl (C=O) groups is 1. The number of piperidine rings is 1. The molecule has 1 amide bonds. The van der Waals surface area contributed by atoms with Crippen molar-refractivity contribution in [3.05, 3.63) is 63.6 Å². The van der Waals surface area contributed by atoms with E-state index in [-0.39, 0.29) is 12.3 Å². The first-order valence-electron chi connectivity index (χ1n) is 9.90. The molecule has 1 aromatic heterocycles. The zero-order valence-corrected chi connectivity index (χ0v) is 17.9. The van der Waals surface area contributed by atoms with Gasteiger partial charge in [0.05, 0.1) is 22.0 Å². The molecule has 1 aliphatic heterocycles. The van der Waals surface area contributed by atoms with E-state index in [1.165, 1.54) is 19.3 Å². The summed E-state index contributed by atoms with van der Waals surface area (Å²) in [6, 6.07) is 13.3. The summed E-state index contributed by atoms with van der Waals surface area (Å²) in [6.07, 6.45) is 3.99. The number of halogens is 2. The molecule has 0 bridgehead atoms. The molecule has 4 rings (SSSR count). The number of amides is 1. The molecule has 0 saturated carbocycles. The van der Waals surface area contributed by atoms with Gasteiger partial charge in [0.2, 0.25) is 5.91 Å². The summed E-state index contributed by atoms with van der Waals surface area (Å²) < 4.78 is 0. The Morgan fingerprint density at radius 3 is 2.59 bits per heavy atom. The maximum absolute atomic E-state index is 12.5. The number of hydrogen-bond acceptors (Lipinski definition) is 3. The second kappa shape index (κ2) is 8.60. The minimum atomic E-state index is -0.0988. The number of aromatic nitrogens is 1. The molecule has 0 unspecified atom stereocenters. The summed E-state index contributed by atoms with van der Waals surface area (Å²) in [5.41, 5.74) is 3.70. The Morgan fingerprint density at radius 2 is 1.83 bits per heavy atom. The minimum Gasteiger partial charge on any atom is -0.357 e. The second-order valence-corrected chi connectivity index (χ2v) is 8.36. The monoisotopic (exact) mass is 427 g/mol. The fourth-order valence-corrected chi connectivity index (χ4v) is 4.10. The lowest BCUT2D eigenvalue weighted by Crippen LogP contribution is -2.30. The molecule has 4 nitrogen and oxygen atoms in total. The third-order valence-corrected chi connectivity index (χ3v) is 6.05. The summed E-state index contributed by atoms with van der Waals surface area (Å²) in [5, 5.41) is 4.96. The molecule has 3 aromatic rings. The Balaban J connectivity index is 1.51. The van der Waals surface area contributed by atoms with E-state index in [0.717, 1.165) is 46.6 Å². The zero-order chi connectivity index (χ0) is 20.4. The molecule has 2 heterocycles. The third kappa shape index (κ3) is 4.65. The van der Waals surface area contributed by atoms with Crippen LogP contribution in [-0.2, 0) is 11.2 Å². The van der Waals surface area contributed by atoms with Gasteiger partial charge in [-0.2, -0.15) is 0 Å². The Hall–Kier alpha value is -2.30. The van der Waals surface area contributed by atoms with Gasteiger partial charge in [-0.15, -0.1) is 0 Å². The number of anilines is 2. The van der Waals surface area contributed by atoms with E-state index in [9.17, 15) is 4.79 Å². The molecule has 29 heavy (non-hydrogen) atoms. The predicted octanol–water partition coefficient (Wildman–Crippen LogP) is 6.02. The fourth-order valence-electron chi connectivity index (χ4n) is 3.78. The molecule has 0 aliphatic carbocycles. The molecular formula is C23H23Cl2N3O. The van der Waals surface area contributed by atoms with Gasteiger partial charge in [0.15, 0.2) is 0 Å². The number of rotatable bonds is 4. The van der Waals surface area contributed by atoms with Crippen molar-refractivity contribution < 1.29 is 4.79 Å². The molecule has 1 aliphatic rings. The summed E-state index contributed by atoms with van der Waals surface area (Å²) in [4.78, 5) is 19.7. The molecule has 1 N–H and O–H groups in total. The van der Waals surface area contributed by atoms with E-state index in [2.05, 4.69) is 23.2 Å². The number of nitrogens with zero attached hydrogens (tertiary/aromatic N) is 2. The summed E-state index contributed by atoms with van der Waals surface area (Å²) >= 11 is 12.0. The van der Waals surface area contributed by atoms with Crippen LogP contribution in [0.15, 0.2) is 42.5 Å². The molecule has 0 atom stereocenters. The van der Waals surface area contributed by atoms with E-state index in [0.29, 0.717) is 10.0 Å². The zero-order valence-electron chi connectivity index (χ0n) is 16.3. The van der Waals surface area contributed by atoms with Crippen molar-refractivity contribution in [2.45, 2.75) is 32.6 Å². The van der Waals surface area contributed by atoms with Crippen LogP contribution >= 0.6 is 23.2 Å². The van der Waals surface area contributed by atoms with Gasteiger partial charge < -0.3 is 10.2 Å². The van der Waals surface area contributed by atoms with Crippen molar-refractivity contribution in [2.24, 2.45) is 0 Å². The number of aryl methyl sites for hydroxylation is 1. The van der Waals surface area contributed by atoms with Crippen molar-refractivity contribution in [1.82, 2.24) is 4.98 Å². The van der Waals surface area contributed by atoms with Crippen molar-refractivity contribution >= 4 is 51.5 Å². The van der Waals surface area contributed by atoms with Crippen LogP contribution in [0.3, 0.4) is 0 Å². The Labute approximate surface area is 180 Å². The van der Waals surface area contributed by atoms with Gasteiger partial charge >= 0.3 is 0 Å². The lowest BCUT2D eigenvalue weighted by atomic mass is 10.1. The molecule has 0 radical (unpaired) electrons. The third-order valence-electron chi connectivity index (χ3n) is 5.31. The van der Waals surface area contributed by atoms with Crippen molar-refractivity contribution in [3.63, 3.8) is 0 Å². The van der Waals surface area contributed by atoms with Crippen LogP contribution < -0.4 is 10.2 Å². The fraction of sp³-hybridized carbons (Fsp3) is 0.304. The maximum atomic E-state index is 12.5. The Bertz CT molecular complexity index is 1060. The maximum Gasteiger partial charge on any atom is 0.228 e. The van der Waals surface area contributed by atoms with Gasteiger partial charge in [-0.3, -0.25) is 4.79 Å². The molecule has 150 valence electrons. The Kier molecular flexibility index (Phi) is 5.93. The molecule has 1 saturated heterocycles. The van der Waals surface area contributed by atoms with E-state index in [1.54, 1.807) is 12.1 Å². The van der Waals surface area contributed by atoms with Gasteiger partial charge in [0.25, 0.3) is 0 Å². The molecule has 1 fully saturated rings. The number of hydrogen-bond donors (Lipinski definition) is 1. The summed E-state index contributed by atoms with van der Waals surface area (Å²) in [5.74, 6) is 0.949. The van der Waals surface area contributed by atoms with Gasteiger partial charge in [-0.1, -0.05) is 29.3 Å². The van der Waals surface area contributed by atoms with E-state index in [1.807, 2.05) is 24.3 Å². The lowest BCUT2D eigenvalue weighted by Gasteiger charge is -2.28. The molecular weight excluding hydrogens is 405 g/mol. The van der Waals surface area contributed by atoms with Crippen LogP contribution in [0.4, 0.5) is 11.5 Å². The van der Waals surface area contributed by atoms with Crippen molar-refractivity contribution in [2.75, 3.05) is 23.3 Å². The number of fused-ring (bicyclic) bond motifs is 1. The smallest absolute Gasteiger partial charge is 0.228 e. The van der Waals surface area contributed by atoms with Gasteiger partial charge in [-0.25, -0.2) is 4.98 Å². The molecule has 0 spiro atoms. The average molecular weight is 428 g/mol. The molecule has 2 aromatic carbocycles. The highest BCUT2D eigenvalue weighted by molar-refractivity contribution is 6.42. The van der Waals surface area contributed by atoms with Crippen molar-refractivity contribution in [1.29, 1.82) is 0 Å². The number of benzene rings is 2. The standard InChI is InChI=1S/C23H23Cl2N3O/c1-15-11-22(28-9-3-2-4-10-28)27-21-8-6-17(14-18(15)21)26-23(29)13-16-5-7-19(24)20(25)12-16/h5-8,11-12,14H,2-4,9-10,13H2,1H3,(H,26,29). The minimum absolute atomic E-state index is 0.0988. The van der Waals surface area contributed by atoms with Gasteiger partial charge in [-0.05, 0) is 73.7 Å². The first-order chi connectivity index (χ1) is 14.0. The van der Waals surface area contributed by atoms with Crippen LogP contribution in [0.1, 0.15) is 30.4 Å². The van der Waals surface area contributed by atoms with Crippen molar-refractivity contribution in [3.8, 4) is 0 Å². The van der Waals surface area contributed by atoms with E-state index < -0.39 is 0 Å². The lowest BCUT2D eigenvalue weighted by molar-refractivity contribution is -0.115. The topological polar surface area (TPSA) is 45.2 Å². The van der Waals surface area contributed by atoms with Gasteiger partial charge in [0.1, 0.15) is 5.82 Å². The second-order valence-electron chi connectivity index (χ2n) is 7.55. The average Bonchev–Trinajstić information content (AvgIpc) is 2.71. The Morgan fingerprint density at radius 1 is 1.03 bits per heavy atom. The quantitative estimate of drug-likeness (QED) is 0.553. The van der Waals surface area contributed by atoms with E-state index in [4.69, 9.17) is 28.2 Å². The summed E-state index contributed by atoms with van der Waals surface area (Å²) in [6.45, 7) is 4.24.